The number of nitrogens with one attached hydrogen (secondary N) is 1. The van der Waals surface area contributed by atoms with Gasteiger partial charge in [0.2, 0.25) is 11.8 Å². The van der Waals surface area contributed by atoms with E-state index in [1.807, 2.05) is 25.1 Å². The summed E-state index contributed by atoms with van der Waals surface area (Å²) in [5.74, 6) is -0.420. The predicted octanol–water partition coefficient (Wildman–Crippen LogP) is 1.60. The van der Waals surface area contributed by atoms with Crippen molar-refractivity contribution in [1.82, 2.24) is 4.90 Å². The lowest BCUT2D eigenvalue weighted by molar-refractivity contribution is -0.134. The van der Waals surface area contributed by atoms with Crippen LogP contribution in [-0.4, -0.2) is 36.3 Å². The highest BCUT2D eigenvalue weighted by atomic mass is 16.2. The molecule has 1 aromatic rings. The summed E-state index contributed by atoms with van der Waals surface area (Å²) in [6.45, 7) is 2.06. The summed E-state index contributed by atoms with van der Waals surface area (Å²) in [6.07, 6.45) is 2.57. The number of carbonyl (C=O) groups is 2. The normalized spacial score (nSPS) is 11.8. The molecule has 1 rings (SSSR count). The van der Waals surface area contributed by atoms with Crippen molar-refractivity contribution in [2.75, 3.05) is 18.9 Å². The zero-order chi connectivity index (χ0) is 15.0. The molecule has 110 valence electrons. The van der Waals surface area contributed by atoms with Crippen molar-refractivity contribution < 1.29 is 9.59 Å². The van der Waals surface area contributed by atoms with E-state index in [-0.39, 0.29) is 18.4 Å². The number of hydrogen-bond donors (Lipinski definition) is 2. The number of rotatable bonds is 7. The van der Waals surface area contributed by atoms with Crippen LogP contribution in [0.15, 0.2) is 30.3 Å². The summed E-state index contributed by atoms with van der Waals surface area (Å²) in [4.78, 5) is 25.1. The van der Waals surface area contributed by atoms with Gasteiger partial charge in [0.25, 0.3) is 0 Å². The molecule has 0 heterocycles. The van der Waals surface area contributed by atoms with Crippen LogP contribution in [0.5, 0.6) is 0 Å². The second kappa shape index (κ2) is 8.32. The first kappa shape index (κ1) is 16.2. The van der Waals surface area contributed by atoms with E-state index in [2.05, 4.69) is 5.32 Å². The Kier molecular flexibility index (Phi) is 6.73. The molecule has 0 fully saturated rings. The fraction of sp³-hybridized carbons (Fsp3) is 0.467. The molecular formula is C15H23N3O2. The van der Waals surface area contributed by atoms with Crippen LogP contribution < -0.4 is 11.1 Å². The minimum Gasteiger partial charge on any atom is -0.335 e. The standard InChI is InChI=1S/C15H23N3O2/c1-3-4-10-13(16)15(20)18(2)11-14(19)17-12-8-6-5-7-9-12/h5-9,13H,3-4,10-11,16H2,1-2H3,(H,17,19)/t13-/m0/s1. The average molecular weight is 277 g/mol. The largest absolute Gasteiger partial charge is 0.335 e. The molecule has 3 N–H and O–H groups in total. The number of para-hydroxylation sites is 1. The van der Waals surface area contributed by atoms with E-state index in [0.29, 0.717) is 12.1 Å². The van der Waals surface area contributed by atoms with E-state index in [9.17, 15) is 9.59 Å². The van der Waals surface area contributed by atoms with Crippen molar-refractivity contribution in [2.45, 2.75) is 32.2 Å². The number of amides is 2. The number of nitrogens with two attached hydrogens (primary N) is 1. The van der Waals surface area contributed by atoms with Gasteiger partial charge in [-0.25, -0.2) is 0 Å². The maximum Gasteiger partial charge on any atom is 0.243 e. The van der Waals surface area contributed by atoms with E-state index >= 15 is 0 Å². The summed E-state index contributed by atoms with van der Waals surface area (Å²) < 4.78 is 0. The lowest BCUT2D eigenvalue weighted by atomic mass is 10.1. The highest BCUT2D eigenvalue weighted by molar-refractivity contribution is 5.95. The Hall–Kier alpha value is -1.88. The monoisotopic (exact) mass is 277 g/mol. The second-order valence-electron chi connectivity index (χ2n) is 4.86. The molecule has 1 atom stereocenters. The molecule has 0 aliphatic heterocycles. The average Bonchev–Trinajstić information content (AvgIpc) is 2.44. The van der Waals surface area contributed by atoms with Gasteiger partial charge in [0.05, 0.1) is 12.6 Å². The Balaban J connectivity index is 2.42. The maximum absolute atomic E-state index is 12.0. The van der Waals surface area contributed by atoms with Gasteiger partial charge in [-0.15, -0.1) is 0 Å². The lowest BCUT2D eigenvalue weighted by Gasteiger charge is -2.20. The molecule has 2 amide bonds. The third-order valence-corrected chi connectivity index (χ3v) is 3.00. The van der Waals surface area contributed by atoms with Gasteiger partial charge in [0.1, 0.15) is 0 Å². The summed E-state index contributed by atoms with van der Waals surface area (Å²) in [5.41, 5.74) is 6.53. The SMILES string of the molecule is CCCC[C@H](N)C(=O)N(C)CC(=O)Nc1ccccc1. The first-order chi connectivity index (χ1) is 9.54. The predicted molar refractivity (Wildman–Crippen MR) is 80.2 cm³/mol. The molecule has 0 saturated heterocycles. The molecule has 0 unspecified atom stereocenters. The van der Waals surface area contributed by atoms with Crippen LogP contribution in [0, 0.1) is 0 Å². The molecular weight excluding hydrogens is 254 g/mol. The minimum absolute atomic E-state index is 0.00749. The van der Waals surface area contributed by atoms with Crippen LogP contribution in [0.1, 0.15) is 26.2 Å². The van der Waals surface area contributed by atoms with Crippen LogP contribution >= 0.6 is 0 Å². The van der Waals surface area contributed by atoms with Crippen molar-refractivity contribution in [3.63, 3.8) is 0 Å². The number of hydrogen-bond acceptors (Lipinski definition) is 3. The molecule has 0 aliphatic carbocycles. The zero-order valence-electron chi connectivity index (χ0n) is 12.1. The van der Waals surface area contributed by atoms with E-state index < -0.39 is 6.04 Å². The quantitative estimate of drug-likeness (QED) is 0.795. The Morgan fingerprint density at radius 1 is 1.30 bits per heavy atom. The van der Waals surface area contributed by atoms with Gasteiger partial charge in [-0.2, -0.15) is 0 Å². The first-order valence-corrected chi connectivity index (χ1v) is 6.90. The number of carbonyl (C=O) groups excluding carboxylic acids is 2. The van der Waals surface area contributed by atoms with Gasteiger partial charge in [-0.1, -0.05) is 38.0 Å². The first-order valence-electron chi connectivity index (χ1n) is 6.90. The van der Waals surface area contributed by atoms with Gasteiger partial charge in [-0.3, -0.25) is 9.59 Å². The van der Waals surface area contributed by atoms with E-state index in [0.717, 1.165) is 12.8 Å². The third-order valence-electron chi connectivity index (χ3n) is 3.00. The molecule has 0 spiro atoms. The molecule has 0 aliphatic rings. The molecule has 0 saturated carbocycles. The second-order valence-corrected chi connectivity index (χ2v) is 4.86. The van der Waals surface area contributed by atoms with E-state index in [1.165, 1.54) is 4.90 Å². The summed E-state index contributed by atoms with van der Waals surface area (Å²) >= 11 is 0. The molecule has 0 bridgehead atoms. The number of anilines is 1. The van der Waals surface area contributed by atoms with Crippen LogP contribution in [0.2, 0.25) is 0 Å². The van der Waals surface area contributed by atoms with E-state index in [4.69, 9.17) is 5.73 Å². The Labute approximate surface area is 120 Å². The lowest BCUT2D eigenvalue weighted by Crippen LogP contribution is -2.44. The molecule has 0 radical (unpaired) electrons. The van der Waals surface area contributed by atoms with Crippen molar-refractivity contribution in [3.05, 3.63) is 30.3 Å². The number of likely N-dealkylation sites (N-methyl/N-ethyl adjacent to an activating group) is 1. The molecule has 5 heteroatoms. The van der Waals surface area contributed by atoms with Crippen LogP contribution in [0.3, 0.4) is 0 Å². The summed E-state index contributed by atoms with van der Waals surface area (Å²) in [7, 11) is 1.60. The topological polar surface area (TPSA) is 75.4 Å². The fourth-order valence-electron chi connectivity index (χ4n) is 1.85. The third kappa shape index (κ3) is 5.40. The van der Waals surface area contributed by atoms with Crippen LogP contribution in [-0.2, 0) is 9.59 Å². The van der Waals surface area contributed by atoms with Gasteiger partial charge in [-0.05, 0) is 18.6 Å². The number of nitrogens with zero attached hydrogens (tertiary/aromatic N) is 1. The smallest absolute Gasteiger partial charge is 0.243 e. The molecule has 5 nitrogen and oxygen atoms in total. The van der Waals surface area contributed by atoms with Gasteiger partial charge < -0.3 is 16.0 Å². The number of unbranched alkanes of at least 4 members (excludes halogenated alkanes) is 1. The van der Waals surface area contributed by atoms with Crippen LogP contribution in [0.4, 0.5) is 5.69 Å². The van der Waals surface area contributed by atoms with Gasteiger partial charge in [0.15, 0.2) is 0 Å². The van der Waals surface area contributed by atoms with Crippen molar-refractivity contribution >= 4 is 17.5 Å². The number of benzene rings is 1. The molecule has 1 aromatic carbocycles. The molecule has 20 heavy (non-hydrogen) atoms. The summed E-state index contributed by atoms with van der Waals surface area (Å²) in [6, 6.07) is 8.62. The Morgan fingerprint density at radius 3 is 2.55 bits per heavy atom. The Morgan fingerprint density at radius 2 is 1.95 bits per heavy atom. The van der Waals surface area contributed by atoms with Gasteiger partial charge in [0, 0.05) is 12.7 Å². The fourth-order valence-corrected chi connectivity index (χ4v) is 1.85. The highest BCUT2D eigenvalue weighted by Gasteiger charge is 2.19. The van der Waals surface area contributed by atoms with Crippen molar-refractivity contribution in [1.29, 1.82) is 0 Å². The van der Waals surface area contributed by atoms with Crippen molar-refractivity contribution in [3.8, 4) is 0 Å². The minimum atomic E-state index is -0.524. The van der Waals surface area contributed by atoms with E-state index in [1.54, 1.807) is 19.2 Å². The van der Waals surface area contributed by atoms with Crippen molar-refractivity contribution in [2.24, 2.45) is 5.73 Å². The molecule has 0 aromatic heterocycles. The summed E-state index contributed by atoms with van der Waals surface area (Å²) in [5, 5.41) is 2.74. The Bertz CT molecular complexity index is 434. The highest BCUT2D eigenvalue weighted by Crippen LogP contribution is 2.05. The maximum atomic E-state index is 12.0. The van der Waals surface area contributed by atoms with Gasteiger partial charge >= 0.3 is 0 Å². The zero-order valence-corrected chi connectivity index (χ0v) is 12.1. The van der Waals surface area contributed by atoms with Crippen LogP contribution in [0.25, 0.3) is 0 Å².